The number of hydrogen-bond donors (Lipinski definition) is 3. The van der Waals surface area contributed by atoms with E-state index in [2.05, 4.69) is 15.6 Å². The number of aromatic nitrogens is 1. The highest BCUT2D eigenvalue weighted by molar-refractivity contribution is 5.74. The third-order valence-corrected chi connectivity index (χ3v) is 2.88. The predicted molar refractivity (Wildman–Crippen MR) is 77.1 cm³/mol. The predicted octanol–water partition coefficient (Wildman–Crippen LogP) is 1.53. The van der Waals surface area contributed by atoms with E-state index in [1.54, 1.807) is 26.1 Å². The van der Waals surface area contributed by atoms with Crippen molar-refractivity contribution in [3.8, 4) is 5.88 Å². The fourth-order valence-corrected chi connectivity index (χ4v) is 1.65. The first kappa shape index (κ1) is 16.7. The van der Waals surface area contributed by atoms with Crippen molar-refractivity contribution in [3.63, 3.8) is 0 Å². The van der Waals surface area contributed by atoms with Crippen LogP contribution in [0.1, 0.15) is 32.3 Å². The highest BCUT2D eigenvalue weighted by atomic mass is 16.5. The molecule has 0 aliphatic rings. The molecular weight excluding hydrogens is 274 g/mol. The van der Waals surface area contributed by atoms with E-state index >= 15 is 0 Å². The van der Waals surface area contributed by atoms with Crippen LogP contribution in [0.2, 0.25) is 0 Å². The molecule has 7 heteroatoms. The molecule has 0 saturated carbocycles. The van der Waals surface area contributed by atoms with E-state index < -0.39 is 11.5 Å². The topological polar surface area (TPSA) is 101 Å². The third-order valence-electron chi connectivity index (χ3n) is 2.88. The van der Waals surface area contributed by atoms with Gasteiger partial charge in [-0.1, -0.05) is 6.07 Å². The van der Waals surface area contributed by atoms with Gasteiger partial charge in [0.2, 0.25) is 5.88 Å². The molecule has 0 spiro atoms. The van der Waals surface area contributed by atoms with Crippen LogP contribution in [0.25, 0.3) is 0 Å². The number of pyridine rings is 1. The Balaban J connectivity index is 2.40. The number of urea groups is 1. The highest BCUT2D eigenvalue weighted by Crippen LogP contribution is 2.11. The molecule has 116 valence electrons. The van der Waals surface area contributed by atoms with Gasteiger partial charge in [-0.3, -0.25) is 4.79 Å². The van der Waals surface area contributed by atoms with Gasteiger partial charge in [0.25, 0.3) is 0 Å². The van der Waals surface area contributed by atoms with Gasteiger partial charge in [-0.15, -0.1) is 0 Å². The second-order valence-electron chi connectivity index (χ2n) is 5.29. The van der Waals surface area contributed by atoms with E-state index in [1.165, 1.54) is 7.11 Å². The lowest BCUT2D eigenvalue weighted by molar-refractivity contribution is -0.137. The number of ether oxygens (including phenoxy) is 1. The molecule has 0 atom stereocenters. The number of carboxylic acids is 1. The van der Waals surface area contributed by atoms with Crippen LogP contribution in [-0.2, 0) is 11.3 Å². The maximum absolute atomic E-state index is 11.8. The van der Waals surface area contributed by atoms with Crippen LogP contribution in [0.4, 0.5) is 4.79 Å². The van der Waals surface area contributed by atoms with Gasteiger partial charge >= 0.3 is 12.0 Å². The molecule has 7 nitrogen and oxygen atoms in total. The van der Waals surface area contributed by atoms with Crippen LogP contribution in [0.15, 0.2) is 18.3 Å². The number of nitrogens with one attached hydrogen (secondary N) is 2. The summed E-state index contributed by atoms with van der Waals surface area (Å²) in [6.07, 6.45) is 1.99. The van der Waals surface area contributed by atoms with Gasteiger partial charge in [-0.2, -0.15) is 0 Å². The summed E-state index contributed by atoms with van der Waals surface area (Å²) in [5.74, 6) is -0.368. The minimum atomic E-state index is -0.880. The van der Waals surface area contributed by atoms with Crippen molar-refractivity contribution >= 4 is 12.0 Å². The van der Waals surface area contributed by atoms with Gasteiger partial charge in [-0.05, 0) is 25.8 Å². The van der Waals surface area contributed by atoms with E-state index in [0.717, 1.165) is 5.56 Å². The lowest BCUT2D eigenvalue weighted by atomic mass is 9.99. The molecule has 21 heavy (non-hydrogen) atoms. The van der Waals surface area contributed by atoms with Crippen molar-refractivity contribution in [2.24, 2.45) is 0 Å². The van der Waals surface area contributed by atoms with Gasteiger partial charge in [0.15, 0.2) is 0 Å². The van der Waals surface area contributed by atoms with Gasteiger partial charge in [-0.25, -0.2) is 9.78 Å². The first-order valence-corrected chi connectivity index (χ1v) is 6.59. The minimum Gasteiger partial charge on any atom is -0.481 e. The number of carboxylic acid groups (broad SMARTS) is 1. The number of hydrogen-bond acceptors (Lipinski definition) is 4. The summed E-state index contributed by atoms with van der Waals surface area (Å²) in [4.78, 5) is 26.4. The quantitative estimate of drug-likeness (QED) is 0.708. The normalized spacial score (nSPS) is 10.8. The summed E-state index contributed by atoms with van der Waals surface area (Å²) in [5, 5.41) is 14.1. The average Bonchev–Trinajstić information content (AvgIpc) is 2.43. The molecule has 1 rings (SSSR count). The zero-order valence-corrected chi connectivity index (χ0v) is 12.5. The summed E-state index contributed by atoms with van der Waals surface area (Å²) in [6.45, 7) is 3.90. The Labute approximate surface area is 123 Å². The van der Waals surface area contributed by atoms with Crippen molar-refractivity contribution in [2.45, 2.75) is 38.8 Å². The molecule has 0 unspecified atom stereocenters. The molecule has 0 aliphatic heterocycles. The molecule has 3 N–H and O–H groups in total. The second-order valence-corrected chi connectivity index (χ2v) is 5.29. The summed E-state index contributed by atoms with van der Waals surface area (Å²) < 4.78 is 4.95. The van der Waals surface area contributed by atoms with Crippen molar-refractivity contribution in [2.75, 3.05) is 7.11 Å². The second kappa shape index (κ2) is 7.47. The van der Waals surface area contributed by atoms with Crippen molar-refractivity contribution in [1.29, 1.82) is 0 Å². The molecule has 1 heterocycles. The lowest BCUT2D eigenvalue weighted by Crippen LogP contribution is -2.48. The molecule has 1 aromatic rings. The zero-order valence-electron chi connectivity index (χ0n) is 12.5. The fourth-order valence-electron chi connectivity index (χ4n) is 1.65. The van der Waals surface area contributed by atoms with E-state index in [9.17, 15) is 9.59 Å². The highest BCUT2D eigenvalue weighted by Gasteiger charge is 2.21. The van der Waals surface area contributed by atoms with Crippen LogP contribution >= 0.6 is 0 Å². The molecule has 0 aliphatic carbocycles. The number of nitrogens with zero attached hydrogens (tertiary/aromatic N) is 1. The van der Waals surface area contributed by atoms with Crippen LogP contribution in [0.5, 0.6) is 5.88 Å². The Morgan fingerprint density at radius 3 is 2.62 bits per heavy atom. The van der Waals surface area contributed by atoms with E-state index in [4.69, 9.17) is 9.84 Å². The lowest BCUT2D eigenvalue weighted by Gasteiger charge is -2.25. The Bertz CT molecular complexity index is 485. The molecule has 0 aromatic carbocycles. The van der Waals surface area contributed by atoms with Crippen LogP contribution < -0.4 is 15.4 Å². The Kier molecular flexibility index (Phi) is 5.95. The van der Waals surface area contributed by atoms with Crippen LogP contribution in [0.3, 0.4) is 0 Å². The first-order chi connectivity index (χ1) is 9.82. The minimum absolute atomic E-state index is 0.00960. The van der Waals surface area contributed by atoms with E-state index in [-0.39, 0.29) is 12.5 Å². The average molecular weight is 295 g/mol. The maximum Gasteiger partial charge on any atom is 0.315 e. The molecular formula is C14H21N3O4. The van der Waals surface area contributed by atoms with Gasteiger partial charge in [0, 0.05) is 30.8 Å². The van der Waals surface area contributed by atoms with Crippen molar-refractivity contribution < 1.29 is 19.4 Å². The van der Waals surface area contributed by atoms with Crippen molar-refractivity contribution in [3.05, 3.63) is 23.9 Å². The molecule has 0 saturated heterocycles. The molecule has 0 fully saturated rings. The zero-order chi connectivity index (χ0) is 15.9. The Hall–Kier alpha value is -2.31. The van der Waals surface area contributed by atoms with Gasteiger partial charge in [0.1, 0.15) is 0 Å². The van der Waals surface area contributed by atoms with Crippen LogP contribution in [0, 0.1) is 0 Å². The molecule has 0 radical (unpaired) electrons. The molecule has 2 amide bonds. The first-order valence-electron chi connectivity index (χ1n) is 6.59. The van der Waals surface area contributed by atoms with E-state index in [1.807, 2.05) is 6.07 Å². The van der Waals surface area contributed by atoms with Crippen LogP contribution in [-0.4, -0.2) is 34.7 Å². The number of aliphatic carboxylic acids is 1. The number of amides is 2. The fraction of sp³-hybridized carbons (Fsp3) is 0.500. The maximum atomic E-state index is 11.8. The summed E-state index contributed by atoms with van der Waals surface area (Å²) in [7, 11) is 1.53. The summed E-state index contributed by atoms with van der Waals surface area (Å²) >= 11 is 0. The molecule has 1 aromatic heterocycles. The third kappa shape index (κ3) is 6.60. The standard InChI is InChI=1S/C14H21N3O4/c1-14(2,7-6-12(18)19)17-13(20)16-9-10-4-5-11(21-3)15-8-10/h4-5,8H,6-7,9H2,1-3H3,(H,18,19)(H2,16,17,20). The largest absolute Gasteiger partial charge is 0.481 e. The number of carbonyl (C=O) groups is 2. The summed E-state index contributed by atoms with van der Waals surface area (Å²) in [6, 6.07) is 3.18. The monoisotopic (exact) mass is 295 g/mol. The van der Waals surface area contributed by atoms with Gasteiger partial charge in [0.05, 0.1) is 7.11 Å². The smallest absolute Gasteiger partial charge is 0.315 e. The number of rotatable bonds is 7. The molecule has 0 bridgehead atoms. The van der Waals surface area contributed by atoms with E-state index in [0.29, 0.717) is 18.8 Å². The SMILES string of the molecule is COc1ccc(CNC(=O)NC(C)(C)CCC(=O)O)cn1. The number of methoxy groups -OCH3 is 1. The Morgan fingerprint density at radius 2 is 2.10 bits per heavy atom. The van der Waals surface area contributed by atoms with Gasteiger partial charge < -0.3 is 20.5 Å². The van der Waals surface area contributed by atoms with Crippen molar-refractivity contribution in [1.82, 2.24) is 15.6 Å². The number of carbonyl (C=O) groups excluding carboxylic acids is 1. The Morgan fingerprint density at radius 1 is 1.38 bits per heavy atom. The summed E-state index contributed by atoms with van der Waals surface area (Å²) in [5.41, 5.74) is 0.259.